The summed E-state index contributed by atoms with van der Waals surface area (Å²) in [6, 6.07) is 4.89. The molecule has 0 atom stereocenters. The monoisotopic (exact) mass is 304 g/mol. The normalized spacial score (nSPS) is 10.5. The van der Waals surface area contributed by atoms with Gasteiger partial charge in [0.15, 0.2) is 0 Å². The summed E-state index contributed by atoms with van der Waals surface area (Å²) >= 11 is 1.73. The Morgan fingerprint density at radius 1 is 1.38 bits per heavy atom. The number of fused-ring (bicyclic) bond motifs is 1. The number of hydrogen-bond donors (Lipinski definition) is 4. The largest absolute Gasteiger partial charge is 0.365 e. The lowest BCUT2D eigenvalue weighted by Gasteiger charge is -2.01. The molecule has 1 aromatic heterocycles. The molecule has 21 heavy (non-hydrogen) atoms. The highest BCUT2D eigenvalue weighted by atomic mass is 32.2. The lowest BCUT2D eigenvalue weighted by molar-refractivity contribution is 0.100. The van der Waals surface area contributed by atoms with Crippen LogP contribution in [0.2, 0.25) is 0 Å². The van der Waals surface area contributed by atoms with Gasteiger partial charge < -0.3 is 16.5 Å². The van der Waals surface area contributed by atoms with Gasteiger partial charge in [0.1, 0.15) is 5.82 Å². The molecule has 0 saturated heterocycles. The predicted octanol–water partition coefficient (Wildman–Crippen LogP) is 2.18. The van der Waals surface area contributed by atoms with E-state index in [4.69, 9.17) is 11.5 Å². The van der Waals surface area contributed by atoms with E-state index < -0.39 is 11.9 Å². The topological polar surface area (TPSA) is 114 Å². The minimum absolute atomic E-state index is 0.223. The number of aromatic nitrogens is 1. The van der Waals surface area contributed by atoms with Gasteiger partial charge in [0.2, 0.25) is 0 Å². The molecule has 3 amide bonds. The number of anilines is 1. The highest BCUT2D eigenvalue weighted by molar-refractivity contribution is 7.98. The predicted molar refractivity (Wildman–Crippen MR) is 86.4 cm³/mol. The van der Waals surface area contributed by atoms with Crippen LogP contribution in [0.4, 0.5) is 10.6 Å². The van der Waals surface area contributed by atoms with E-state index in [0.29, 0.717) is 5.39 Å². The molecule has 0 aliphatic carbocycles. The SMILES string of the molecule is C=CCSCc1ccc2c(C(N)=O)c(NC(N)=O)[nH]c2c1. The maximum Gasteiger partial charge on any atom is 0.317 e. The number of aromatic amines is 1. The standard InChI is InChI=1S/C14H16N4O2S/c1-2-5-21-7-8-3-4-9-10(6-8)17-13(18-14(16)20)11(9)12(15)19/h2-4,6,17H,1,5,7H2,(H2,15,19)(H3,16,18,20). The van der Waals surface area contributed by atoms with E-state index in [1.54, 1.807) is 11.8 Å². The fraction of sp³-hybridized carbons (Fsp3) is 0.143. The minimum atomic E-state index is -0.759. The molecule has 6 N–H and O–H groups in total. The van der Waals surface area contributed by atoms with Crippen molar-refractivity contribution in [2.24, 2.45) is 11.5 Å². The first-order valence-corrected chi connectivity index (χ1v) is 7.38. The fourth-order valence-electron chi connectivity index (χ4n) is 2.07. The molecule has 0 spiro atoms. The molecule has 1 aromatic carbocycles. The summed E-state index contributed by atoms with van der Waals surface area (Å²) in [5.74, 6) is 1.29. The van der Waals surface area contributed by atoms with Crippen molar-refractivity contribution in [2.45, 2.75) is 5.75 Å². The molecule has 110 valence electrons. The third-order valence-electron chi connectivity index (χ3n) is 2.86. The molecular formula is C14H16N4O2S. The van der Waals surface area contributed by atoms with E-state index in [1.165, 1.54) is 0 Å². The molecule has 0 aliphatic heterocycles. The van der Waals surface area contributed by atoms with Crippen LogP contribution in [0.1, 0.15) is 15.9 Å². The quantitative estimate of drug-likeness (QED) is 0.484. The van der Waals surface area contributed by atoms with Crippen molar-refractivity contribution in [3.05, 3.63) is 42.0 Å². The number of rotatable bonds is 6. The Balaban J connectivity index is 2.41. The lowest BCUT2D eigenvalue weighted by atomic mass is 10.1. The number of urea groups is 1. The number of thioether (sulfide) groups is 1. The molecule has 2 rings (SSSR count). The number of amides is 3. The van der Waals surface area contributed by atoms with E-state index in [0.717, 1.165) is 22.6 Å². The maximum atomic E-state index is 11.6. The van der Waals surface area contributed by atoms with Gasteiger partial charge >= 0.3 is 6.03 Å². The van der Waals surface area contributed by atoms with Crippen molar-refractivity contribution >= 4 is 40.4 Å². The molecule has 0 bridgehead atoms. The maximum absolute atomic E-state index is 11.6. The van der Waals surface area contributed by atoms with Crippen LogP contribution in [0.25, 0.3) is 10.9 Å². The van der Waals surface area contributed by atoms with Crippen molar-refractivity contribution in [3.63, 3.8) is 0 Å². The van der Waals surface area contributed by atoms with Crippen LogP contribution in [0.5, 0.6) is 0 Å². The average molecular weight is 304 g/mol. The third kappa shape index (κ3) is 3.38. The van der Waals surface area contributed by atoms with Crippen LogP contribution in [-0.2, 0) is 5.75 Å². The lowest BCUT2D eigenvalue weighted by Crippen LogP contribution is -2.22. The van der Waals surface area contributed by atoms with Gasteiger partial charge in [-0.25, -0.2) is 4.79 Å². The number of carbonyl (C=O) groups excluding carboxylic acids is 2. The number of carbonyl (C=O) groups is 2. The van der Waals surface area contributed by atoms with Gasteiger partial charge in [-0.1, -0.05) is 18.2 Å². The van der Waals surface area contributed by atoms with Gasteiger partial charge in [-0.05, 0) is 11.6 Å². The van der Waals surface area contributed by atoms with Crippen molar-refractivity contribution < 1.29 is 9.59 Å². The van der Waals surface area contributed by atoms with Crippen LogP contribution in [0.3, 0.4) is 0 Å². The second-order valence-corrected chi connectivity index (χ2v) is 5.44. The highest BCUT2D eigenvalue weighted by Gasteiger charge is 2.17. The number of nitrogens with two attached hydrogens (primary N) is 2. The average Bonchev–Trinajstić information content (AvgIpc) is 2.75. The zero-order chi connectivity index (χ0) is 15.4. The van der Waals surface area contributed by atoms with Crippen LogP contribution in [-0.4, -0.2) is 22.7 Å². The molecule has 0 fully saturated rings. The fourth-order valence-corrected chi connectivity index (χ4v) is 2.77. The first kappa shape index (κ1) is 15.0. The summed E-state index contributed by atoms with van der Waals surface area (Å²) in [5, 5.41) is 3.04. The Hall–Kier alpha value is -2.41. The molecule has 0 saturated carbocycles. The Morgan fingerprint density at radius 2 is 2.14 bits per heavy atom. The number of benzene rings is 1. The Labute approximate surface area is 125 Å². The Kier molecular flexibility index (Phi) is 4.54. The van der Waals surface area contributed by atoms with E-state index >= 15 is 0 Å². The van der Waals surface area contributed by atoms with Crippen LogP contribution in [0, 0.1) is 0 Å². The summed E-state index contributed by atoms with van der Waals surface area (Å²) in [5.41, 5.74) is 12.5. The van der Waals surface area contributed by atoms with Crippen LogP contribution in [0.15, 0.2) is 30.9 Å². The first-order chi connectivity index (χ1) is 10.0. The molecule has 7 heteroatoms. The van der Waals surface area contributed by atoms with Crippen molar-refractivity contribution in [1.29, 1.82) is 0 Å². The molecular weight excluding hydrogens is 288 g/mol. The van der Waals surface area contributed by atoms with Gasteiger partial charge in [-0.2, -0.15) is 11.8 Å². The summed E-state index contributed by atoms with van der Waals surface area (Å²) in [4.78, 5) is 25.5. The summed E-state index contributed by atoms with van der Waals surface area (Å²) in [7, 11) is 0. The molecule has 2 aromatic rings. The van der Waals surface area contributed by atoms with E-state index in [1.807, 2.05) is 24.3 Å². The van der Waals surface area contributed by atoms with E-state index in [-0.39, 0.29) is 11.4 Å². The van der Waals surface area contributed by atoms with E-state index in [9.17, 15) is 9.59 Å². The number of H-pyrrole nitrogens is 1. The summed E-state index contributed by atoms with van der Waals surface area (Å²) in [6.45, 7) is 3.67. The van der Waals surface area contributed by atoms with Crippen molar-refractivity contribution in [3.8, 4) is 0 Å². The van der Waals surface area contributed by atoms with Crippen molar-refractivity contribution in [1.82, 2.24) is 4.98 Å². The van der Waals surface area contributed by atoms with Gasteiger partial charge in [0.25, 0.3) is 5.91 Å². The first-order valence-electron chi connectivity index (χ1n) is 6.22. The number of hydrogen-bond acceptors (Lipinski definition) is 3. The summed E-state index contributed by atoms with van der Waals surface area (Å²) in [6.07, 6.45) is 1.85. The van der Waals surface area contributed by atoms with Gasteiger partial charge in [0.05, 0.1) is 5.56 Å². The zero-order valence-electron chi connectivity index (χ0n) is 11.3. The van der Waals surface area contributed by atoms with Crippen LogP contribution < -0.4 is 16.8 Å². The highest BCUT2D eigenvalue weighted by Crippen LogP contribution is 2.27. The van der Waals surface area contributed by atoms with Crippen LogP contribution >= 0.6 is 11.8 Å². The second kappa shape index (κ2) is 6.36. The molecule has 0 aliphatic rings. The van der Waals surface area contributed by atoms with Gasteiger partial charge in [0, 0.05) is 22.4 Å². The molecule has 1 heterocycles. The Morgan fingerprint density at radius 3 is 2.76 bits per heavy atom. The molecule has 6 nitrogen and oxygen atoms in total. The van der Waals surface area contributed by atoms with Gasteiger partial charge in [-0.15, -0.1) is 6.58 Å². The number of primary amides is 2. The molecule has 0 unspecified atom stereocenters. The minimum Gasteiger partial charge on any atom is -0.365 e. The van der Waals surface area contributed by atoms with Gasteiger partial charge in [-0.3, -0.25) is 10.1 Å². The second-order valence-electron chi connectivity index (χ2n) is 4.41. The number of nitrogens with one attached hydrogen (secondary N) is 2. The smallest absolute Gasteiger partial charge is 0.317 e. The zero-order valence-corrected chi connectivity index (χ0v) is 12.1. The molecule has 0 radical (unpaired) electrons. The summed E-state index contributed by atoms with van der Waals surface area (Å²) < 4.78 is 0. The Bertz CT molecular complexity index is 708. The third-order valence-corrected chi connectivity index (χ3v) is 3.87. The van der Waals surface area contributed by atoms with E-state index in [2.05, 4.69) is 16.9 Å². The van der Waals surface area contributed by atoms with Crippen molar-refractivity contribution in [2.75, 3.05) is 11.1 Å².